The van der Waals surface area contributed by atoms with Crippen molar-refractivity contribution in [2.45, 2.75) is 26.4 Å². The number of rotatable bonds is 0. The molecule has 0 radical (unpaired) electrons. The van der Waals surface area contributed by atoms with E-state index in [0.29, 0.717) is 0 Å². The molecule has 1 amide bonds. The van der Waals surface area contributed by atoms with Gasteiger partial charge in [-0.05, 0) is 20.4 Å². The lowest BCUT2D eigenvalue weighted by atomic mass is 10.2. The number of hydrogen-bond acceptors (Lipinski definition) is 2. The normalized spacial score (nSPS) is 27.2. The standard InChI is InChI=1S/C8H16N2O/c1-7-9(3)5-4-6-10(7)8(2)11/h7H,4-6H2,1-3H3. The molecule has 64 valence electrons. The molecule has 3 nitrogen and oxygen atoms in total. The van der Waals surface area contributed by atoms with E-state index >= 15 is 0 Å². The van der Waals surface area contributed by atoms with Gasteiger partial charge in [-0.3, -0.25) is 9.69 Å². The van der Waals surface area contributed by atoms with Gasteiger partial charge in [-0.15, -0.1) is 0 Å². The highest BCUT2D eigenvalue weighted by Gasteiger charge is 2.23. The number of amides is 1. The summed E-state index contributed by atoms with van der Waals surface area (Å²) in [6.07, 6.45) is 1.38. The highest BCUT2D eigenvalue weighted by atomic mass is 16.2. The van der Waals surface area contributed by atoms with Gasteiger partial charge in [0.15, 0.2) is 0 Å². The molecule has 0 aromatic rings. The predicted molar refractivity (Wildman–Crippen MR) is 44.1 cm³/mol. The Hall–Kier alpha value is -0.570. The summed E-state index contributed by atoms with van der Waals surface area (Å²) in [4.78, 5) is 15.2. The average molecular weight is 156 g/mol. The van der Waals surface area contributed by atoms with Crippen molar-refractivity contribution in [2.75, 3.05) is 20.1 Å². The van der Waals surface area contributed by atoms with Crippen LogP contribution in [-0.2, 0) is 4.79 Å². The van der Waals surface area contributed by atoms with E-state index in [1.54, 1.807) is 6.92 Å². The Kier molecular flexibility index (Phi) is 2.49. The van der Waals surface area contributed by atoms with Crippen molar-refractivity contribution in [1.29, 1.82) is 0 Å². The fraction of sp³-hybridized carbons (Fsp3) is 0.875. The highest BCUT2D eigenvalue weighted by molar-refractivity contribution is 5.73. The first-order valence-electron chi connectivity index (χ1n) is 4.10. The second-order valence-corrected chi connectivity index (χ2v) is 3.18. The van der Waals surface area contributed by atoms with E-state index in [-0.39, 0.29) is 12.1 Å². The quantitative estimate of drug-likeness (QED) is 0.510. The van der Waals surface area contributed by atoms with Crippen LogP contribution in [0, 0.1) is 0 Å². The Morgan fingerprint density at radius 3 is 2.55 bits per heavy atom. The van der Waals surface area contributed by atoms with Crippen LogP contribution in [0.25, 0.3) is 0 Å². The highest BCUT2D eigenvalue weighted by Crippen LogP contribution is 2.11. The van der Waals surface area contributed by atoms with Crippen LogP contribution in [0.3, 0.4) is 0 Å². The molecule has 3 heteroatoms. The smallest absolute Gasteiger partial charge is 0.220 e. The third-order valence-corrected chi connectivity index (χ3v) is 2.40. The number of carbonyl (C=O) groups excluding carboxylic acids is 1. The molecule has 1 fully saturated rings. The summed E-state index contributed by atoms with van der Waals surface area (Å²) in [6, 6.07) is 0. The van der Waals surface area contributed by atoms with E-state index < -0.39 is 0 Å². The van der Waals surface area contributed by atoms with Crippen molar-refractivity contribution in [3.63, 3.8) is 0 Å². The summed E-state index contributed by atoms with van der Waals surface area (Å²) in [5.41, 5.74) is 0. The van der Waals surface area contributed by atoms with Crippen LogP contribution in [0.5, 0.6) is 0 Å². The molecule has 1 rings (SSSR count). The zero-order valence-corrected chi connectivity index (χ0v) is 7.50. The van der Waals surface area contributed by atoms with Crippen molar-refractivity contribution in [3.05, 3.63) is 0 Å². The fourth-order valence-corrected chi connectivity index (χ4v) is 1.52. The molecule has 1 atom stereocenters. The van der Waals surface area contributed by atoms with Crippen LogP contribution < -0.4 is 0 Å². The van der Waals surface area contributed by atoms with Gasteiger partial charge in [-0.25, -0.2) is 0 Å². The Balaban J connectivity index is 2.58. The first-order chi connectivity index (χ1) is 5.13. The summed E-state index contributed by atoms with van der Waals surface area (Å²) >= 11 is 0. The van der Waals surface area contributed by atoms with Gasteiger partial charge in [-0.2, -0.15) is 0 Å². The van der Waals surface area contributed by atoms with Gasteiger partial charge in [-0.1, -0.05) is 0 Å². The molecule has 0 spiro atoms. The summed E-state index contributed by atoms with van der Waals surface area (Å²) in [5.74, 6) is 0.184. The van der Waals surface area contributed by atoms with Crippen LogP contribution in [0.15, 0.2) is 0 Å². The third-order valence-electron chi connectivity index (χ3n) is 2.40. The Labute approximate surface area is 68.0 Å². The first kappa shape index (κ1) is 8.53. The predicted octanol–water partition coefficient (Wildman–Crippen LogP) is 0.516. The monoisotopic (exact) mass is 156 g/mol. The Morgan fingerprint density at radius 2 is 2.09 bits per heavy atom. The second kappa shape index (κ2) is 3.22. The lowest BCUT2D eigenvalue weighted by Crippen LogP contribution is -2.52. The maximum Gasteiger partial charge on any atom is 0.220 e. The maximum atomic E-state index is 11.1. The van der Waals surface area contributed by atoms with E-state index in [0.717, 1.165) is 19.5 Å². The van der Waals surface area contributed by atoms with Crippen LogP contribution >= 0.6 is 0 Å². The molecular formula is C8H16N2O. The summed E-state index contributed by atoms with van der Waals surface area (Å²) in [6.45, 7) is 5.72. The first-order valence-corrected chi connectivity index (χ1v) is 4.10. The zero-order valence-electron chi connectivity index (χ0n) is 7.50. The average Bonchev–Trinajstić information content (AvgIpc) is 1.94. The van der Waals surface area contributed by atoms with Gasteiger partial charge < -0.3 is 4.90 Å². The topological polar surface area (TPSA) is 23.6 Å². The Morgan fingerprint density at radius 1 is 1.45 bits per heavy atom. The third kappa shape index (κ3) is 1.71. The van der Waals surface area contributed by atoms with Crippen molar-refractivity contribution in [2.24, 2.45) is 0 Å². The fourth-order valence-electron chi connectivity index (χ4n) is 1.52. The molecule has 1 heterocycles. The van der Waals surface area contributed by atoms with Gasteiger partial charge in [0.25, 0.3) is 0 Å². The summed E-state index contributed by atoms with van der Waals surface area (Å²) in [7, 11) is 2.06. The molecule has 1 aliphatic heterocycles. The van der Waals surface area contributed by atoms with E-state index in [1.807, 2.05) is 4.90 Å². The minimum Gasteiger partial charge on any atom is -0.327 e. The SMILES string of the molecule is CC(=O)N1CCCN(C)C1C. The molecule has 0 aliphatic carbocycles. The molecule has 1 aliphatic rings. The minimum atomic E-state index is 0.184. The number of nitrogens with zero attached hydrogens (tertiary/aromatic N) is 2. The van der Waals surface area contributed by atoms with Gasteiger partial charge in [0.1, 0.15) is 0 Å². The summed E-state index contributed by atoms with van der Waals surface area (Å²) in [5, 5.41) is 0. The number of hydrogen-bond donors (Lipinski definition) is 0. The van der Waals surface area contributed by atoms with Gasteiger partial charge in [0.2, 0.25) is 5.91 Å². The Bertz CT molecular complexity index is 158. The van der Waals surface area contributed by atoms with E-state index in [1.165, 1.54) is 0 Å². The molecule has 0 aromatic heterocycles. The molecule has 0 bridgehead atoms. The molecular weight excluding hydrogens is 140 g/mol. The molecule has 11 heavy (non-hydrogen) atoms. The van der Waals surface area contributed by atoms with Gasteiger partial charge in [0.05, 0.1) is 6.17 Å². The number of carbonyl (C=O) groups is 1. The zero-order chi connectivity index (χ0) is 8.43. The molecule has 0 N–H and O–H groups in total. The van der Waals surface area contributed by atoms with Crippen LogP contribution in [0.4, 0.5) is 0 Å². The van der Waals surface area contributed by atoms with Crippen molar-refractivity contribution in [1.82, 2.24) is 9.80 Å². The summed E-state index contributed by atoms with van der Waals surface area (Å²) < 4.78 is 0. The molecule has 1 saturated heterocycles. The van der Waals surface area contributed by atoms with Gasteiger partial charge >= 0.3 is 0 Å². The second-order valence-electron chi connectivity index (χ2n) is 3.18. The lowest BCUT2D eigenvalue weighted by Gasteiger charge is -2.39. The van der Waals surface area contributed by atoms with Crippen molar-refractivity contribution >= 4 is 5.91 Å². The largest absolute Gasteiger partial charge is 0.327 e. The lowest BCUT2D eigenvalue weighted by molar-refractivity contribution is -0.136. The van der Waals surface area contributed by atoms with Gasteiger partial charge in [0, 0.05) is 20.0 Å². The van der Waals surface area contributed by atoms with E-state index in [9.17, 15) is 4.79 Å². The molecule has 0 aromatic carbocycles. The molecule has 1 unspecified atom stereocenters. The van der Waals surface area contributed by atoms with Crippen molar-refractivity contribution < 1.29 is 4.79 Å². The van der Waals surface area contributed by atoms with Crippen LogP contribution in [0.2, 0.25) is 0 Å². The molecule has 0 saturated carbocycles. The van der Waals surface area contributed by atoms with Crippen molar-refractivity contribution in [3.8, 4) is 0 Å². The van der Waals surface area contributed by atoms with E-state index in [2.05, 4.69) is 18.9 Å². The van der Waals surface area contributed by atoms with E-state index in [4.69, 9.17) is 0 Å². The minimum absolute atomic E-state index is 0.184. The van der Waals surface area contributed by atoms with Crippen LogP contribution in [0.1, 0.15) is 20.3 Å². The maximum absolute atomic E-state index is 11.1. The van der Waals surface area contributed by atoms with Crippen LogP contribution in [-0.4, -0.2) is 42.0 Å².